The third-order valence-corrected chi connectivity index (χ3v) is 4.63. The molecule has 1 aromatic rings. The van der Waals surface area contributed by atoms with Crippen molar-refractivity contribution in [3.05, 3.63) is 32.7 Å². The Morgan fingerprint density at radius 2 is 1.94 bits per heavy atom. The van der Waals surface area contributed by atoms with Crippen LogP contribution in [-0.4, -0.2) is 5.11 Å². The lowest BCUT2D eigenvalue weighted by Crippen LogP contribution is -2.07. The van der Waals surface area contributed by atoms with Gasteiger partial charge in [0.05, 0.1) is 6.10 Å². The first-order chi connectivity index (χ1) is 8.58. The van der Waals surface area contributed by atoms with Gasteiger partial charge in [-0.25, -0.2) is 0 Å². The summed E-state index contributed by atoms with van der Waals surface area (Å²) in [6, 6.07) is 5.96. The number of halogens is 2. The highest BCUT2D eigenvalue weighted by Crippen LogP contribution is 2.32. The normalized spacial score (nSPS) is 14.5. The summed E-state index contributed by atoms with van der Waals surface area (Å²) < 4.78 is 2.00. The molecule has 0 aliphatic carbocycles. The molecule has 0 saturated carbocycles. The number of aliphatic hydroxyl groups excluding tert-OH is 1. The number of rotatable bonds is 7. The molecule has 0 aromatic heterocycles. The lowest BCUT2D eigenvalue weighted by molar-refractivity contribution is 0.138. The van der Waals surface area contributed by atoms with Crippen LogP contribution in [0.1, 0.15) is 57.6 Å². The van der Waals surface area contributed by atoms with E-state index in [0.29, 0.717) is 5.92 Å². The van der Waals surface area contributed by atoms with Crippen molar-refractivity contribution in [3.8, 4) is 0 Å². The van der Waals surface area contributed by atoms with Crippen molar-refractivity contribution in [2.75, 3.05) is 0 Å². The average molecular weight is 378 g/mol. The lowest BCUT2D eigenvalue weighted by Gasteiger charge is -2.20. The first kappa shape index (κ1) is 16.2. The molecule has 1 N–H and O–H groups in total. The molecule has 0 spiro atoms. The molecular formula is C15H22Br2O. The fourth-order valence-electron chi connectivity index (χ4n) is 2.19. The molecule has 0 bridgehead atoms. The second-order valence-electron chi connectivity index (χ2n) is 4.83. The Balaban J connectivity index is 2.67. The van der Waals surface area contributed by atoms with Gasteiger partial charge in [0.2, 0.25) is 0 Å². The minimum absolute atomic E-state index is 0.376. The Morgan fingerprint density at radius 1 is 1.22 bits per heavy atom. The number of hydrogen-bond acceptors (Lipinski definition) is 1. The quantitative estimate of drug-likeness (QED) is 0.631. The summed E-state index contributed by atoms with van der Waals surface area (Å²) in [6.07, 6.45) is 5.32. The summed E-state index contributed by atoms with van der Waals surface area (Å²) in [5.74, 6) is 0.617. The van der Waals surface area contributed by atoms with E-state index in [2.05, 4.69) is 45.7 Å². The number of benzene rings is 1. The molecule has 2 unspecified atom stereocenters. The number of unbranched alkanes of at least 4 members (excludes halogenated alkanes) is 1. The van der Waals surface area contributed by atoms with Crippen LogP contribution in [-0.2, 0) is 0 Å². The summed E-state index contributed by atoms with van der Waals surface area (Å²) in [5, 5.41) is 10.4. The SMILES string of the molecule is CCCCC(CC)CC(O)c1cc(Br)ccc1Br. The van der Waals surface area contributed by atoms with Crippen molar-refractivity contribution < 1.29 is 5.11 Å². The highest BCUT2D eigenvalue weighted by molar-refractivity contribution is 9.11. The van der Waals surface area contributed by atoms with Gasteiger partial charge in [-0.3, -0.25) is 0 Å². The van der Waals surface area contributed by atoms with Crippen LogP contribution >= 0.6 is 31.9 Å². The van der Waals surface area contributed by atoms with Gasteiger partial charge in [-0.05, 0) is 36.1 Å². The largest absolute Gasteiger partial charge is 0.388 e. The van der Waals surface area contributed by atoms with Crippen LogP contribution in [0, 0.1) is 5.92 Å². The van der Waals surface area contributed by atoms with Gasteiger partial charge >= 0.3 is 0 Å². The van der Waals surface area contributed by atoms with E-state index in [4.69, 9.17) is 0 Å². The highest BCUT2D eigenvalue weighted by atomic mass is 79.9. The van der Waals surface area contributed by atoms with Gasteiger partial charge in [-0.2, -0.15) is 0 Å². The van der Waals surface area contributed by atoms with Crippen LogP contribution < -0.4 is 0 Å². The summed E-state index contributed by atoms with van der Waals surface area (Å²) in [5.41, 5.74) is 0.985. The van der Waals surface area contributed by atoms with Gasteiger partial charge in [0.25, 0.3) is 0 Å². The number of hydrogen-bond donors (Lipinski definition) is 1. The number of aliphatic hydroxyl groups is 1. The van der Waals surface area contributed by atoms with Gasteiger partial charge in [0.15, 0.2) is 0 Å². The summed E-state index contributed by atoms with van der Waals surface area (Å²) >= 11 is 6.97. The maximum atomic E-state index is 10.4. The topological polar surface area (TPSA) is 20.2 Å². The molecule has 0 aliphatic heterocycles. The van der Waals surface area contributed by atoms with Gasteiger partial charge in [0, 0.05) is 8.95 Å². The van der Waals surface area contributed by atoms with Crippen molar-refractivity contribution in [1.82, 2.24) is 0 Å². The smallest absolute Gasteiger partial charge is 0.0804 e. The van der Waals surface area contributed by atoms with Crippen LogP contribution in [0.2, 0.25) is 0 Å². The third kappa shape index (κ3) is 5.02. The minimum atomic E-state index is -0.376. The molecule has 1 rings (SSSR count). The van der Waals surface area contributed by atoms with E-state index in [1.54, 1.807) is 0 Å². The van der Waals surface area contributed by atoms with Crippen molar-refractivity contribution in [3.63, 3.8) is 0 Å². The lowest BCUT2D eigenvalue weighted by atomic mass is 9.91. The van der Waals surface area contributed by atoms with Crippen molar-refractivity contribution in [2.45, 2.75) is 52.1 Å². The predicted molar refractivity (Wildman–Crippen MR) is 84.7 cm³/mol. The van der Waals surface area contributed by atoms with Gasteiger partial charge in [-0.15, -0.1) is 0 Å². The zero-order valence-corrected chi connectivity index (χ0v) is 14.3. The second kappa shape index (κ2) is 8.34. The predicted octanol–water partition coefficient (Wildman–Crippen LogP) is 5.85. The molecule has 3 heteroatoms. The van der Waals surface area contributed by atoms with E-state index in [9.17, 15) is 5.11 Å². The molecule has 2 atom stereocenters. The minimum Gasteiger partial charge on any atom is -0.388 e. The molecular weight excluding hydrogens is 356 g/mol. The van der Waals surface area contributed by atoms with Crippen LogP contribution in [0.3, 0.4) is 0 Å². The van der Waals surface area contributed by atoms with E-state index in [1.165, 1.54) is 19.3 Å². The zero-order valence-electron chi connectivity index (χ0n) is 11.1. The van der Waals surface area contributed by atoms with Crippen molar-refractivity contribution in [2.24, 2.45) is 5.92 Å². The molecule has 0 fully saturated rings. The van der Waals surface area contributed by atoms with E-state index in [0.717, 1.165) is 27.4 Å². The van der Waals surface area contributed by atoms with E-state index >= 15 is 0 Å². The van der Waals surface area contributed by atoms with Crippen LogP contribution in [0.5, 0.6) is 0 Å². The Kier molecular flexibility index (Phi) is 7.50. The zero-order chi connectivity index (χ0) is 13.5. The van der Waals surface area contributed by atoms with Crippen LogP contribution in [0.4, 0.5) is 0 Å². The first-order valence-corrected chi connectivity index (χ1v) is 8.30. The highest BCUT2D eigenvalue weighted by Gasteiger charge is 2.16. The second-order valence-corrected chi connectivity index (χ2v) is 6.60. The fourth-order valence-corrected chi connectivity index (χ4v) is 3.08. The summed E-state index contributed by atoms with van der Waals surface area (Å²) in [7, 11) is 0. The van der Waals surface area contributed by atoms with Crippen molar-refractivity contribution >= 4 is 31.9 Å². The molecule has 0 radical (unpaired) electrons. The third-order valence-electron chi connectivity index (χ3n) is 3.42. The standard InChI is InChI=1S/C15H22Br2O/c1-3-5-6-11(4-2)9-15(18)13-10-12(16)7-8-14(13)17/h7-8,10-11,15,18H,3-6,9H2,1-2H3. The fraction of sp³-hybridized carbons (Fsp3) is 0.600. The van der Waals surface area contributed by atoms with E-state index < -0.39 is 0 Å². The van der Waals surface area contributed by atoms with Crippen LogP contribution in [0.15, 0.2) is 27.1 Å². The first-order valence-electron chi connectivity index (χ1n) is 6.71. The molecule has 102 valence electrons. The average Bonchev–Trinajstić information content (AvgIpc) is 2.37. The van der Waals surface area contributed by atoms with Gasteiger partial charge < -0.3 is 5.11 Å². The van der Waals surface area contributed by atoms with Crippen LogP contribution in [0.25, 0.3) is 0 Å². The summed E-state index contributed by atoms with van der Waals surface area (Å²) in [4.78, 5) is 0. The molecule has 0 heterocycles. The van der Waals surface area contributed by atoms with E-state index in [1.807, 2.05) is 18.2 Å². The summed E-state index contributed by atoms with van der Waals surface area (Å²) in [6.45, 7) is 4.43. The Labute approximate surface area is 127 Å². The molecule has 1 aromatic carbocycles. The Hall–Kier alpha value is 0.140. The van der Waals surface area contributed by atoms with Gasteiger partial charge in [-0.1, -0.05) is 71.4 Å². The molecule has 0 amide bonds. The monoisotopic (exact) mass is 376 g/mol. The van der Waals surface area contributed by atoms with E-state index in [-0.39, 0.29) is 6.10 Å². The molecule has 0 saturated heterocycles. The molecule has 18 heavy (non-hydrogen) atoms. The molecule has 1 nitrogen and oxygen atoms in total. The van der Waals surface area contributed by atoms with Gasteiger partial charge in [0.1, 0.15) is 0 Å². The Morgan fingerprint density at radius 3 is 2.56 bits per heavy atom. The van der Waals surface area contributed by atoms with Crippen molar-refractivity contribution in [1.29, 1.82) is 0 Å². The Bertz CT molecular complexity index is 366. The molecule has 0 aliphatic rings. The maximum absolute atomic E-state index is 10.4. The maximum Gasteiger partial charge on any atom is 0.0804 e.